The van der Waals surface area contributed by atoms with E-state index in [1.807, 2.05) is 49.4 Å². The maximum atomic E-state index is 6.16. The van der Waals surface area contributed by atoms with Gasteiger partial charge in [0.05, 0.1) is 0 Å². The monoisotopic (exact) mass is 267 g/mol. The Morgan fingerprint density at radius 2 is 1.76 bits per heavy atom. The van der Waals surface area contributed by atoms with Gasteiger partial charge in [-0.1, -0.05) is 48.0 Å². The quantitative estimate of drug-likeness (QED) is 0.855. The molecule has 17 heavy (non-hydrogen) atoms. The fourth-order valence-electron chi connectivity index (χ4n) is 1.68. The molecule has 2 rings (SSSR count). The Balaban J connectivity index is 0.00000144. The second-order valence-electron chi connectivity index (χ2n) is 3.89. The summed E-state index contributed by atoms with van der Waals surface area (Å²) in [6.07, 6.45) is 0. The molecule has 0 aliphatic rings. The van der Waals surface area contributed by atoms with Gasteiger partial charge < -0.3 is 5.73 Å². The average Bonchev–Trinajstić information content (AvgIpc) is 2.30. The standard InChI is InChI=1S/C14H14ClN.ClH/c1-10(16)11-5-4-6-12(9-11)13-7-2-3-8-14(13)15;/h2-10H,16H2,1H3;1H/t10-;/m0./s1. The van der Waals surface area contributed by atoms with Gasteiger partial charge in [0.25, 0.3) is 0 Å². The van der Waals surface area contributed by atoms with Gasteiger partial charge in [0.1, 0.15) is 0 Å². The minimum atomic E-state index is 0. The first-order chi connectivity index (χ1) is 7.68. The van der Waals surface area contributed by atoms with Crippen LogP contribution in [0.5, 0.6) is 0 Å². The molecule has 90 valence electrons. The highest BCUT2D eigenvalue weighted by Crippen LogP contribution is 2.28. The molecule has 0 bridgehead atoms. The van der Waals surface area contributed by atoms with Gasteiger partial charge in [-0.05, 0) is 30.2 Å². The molecular weight excluding hydrogens is 253 g/mol. The average molecular weight is 268 g/mol. The number of hydrogen-bond acceptors (Lipinski definition) is 1. The van der Waals surface area contributed by atoms with Gasteiger partial charge in [0.15, 0.2) is 0 Å². The molecule has 0 aromatic heterocycles. The van der Waals surface area contributed by atoms with E-state index in [-0.39, 0.29) is 18.4 Å². The van der Waals surface area contributed by atoms with E-state index in [4.69, 9.17) is 17.3 Å². The van der Waals surface area contributed by atoms with Crippen LogP contribution in [0.25, 0.3) is 11.1 Å². The van der Waals surface area contributed by atoms with E-state index in [0.29, 0.717) is 0 Å². The van der Waals surface area contributed by atoms with Crippen molar-refractivity contribution in [3.05, 3.63) is 59.1 Å². The van der Waals surface area contributed by atoms with Crippen LogP contribution in [-0.2, 0) is 0 Å². The largest absolute Gasteiger partial charge is 0.324 e. The van der Waals surface area contributed by atoms with E-state index >= 15 is 0 Å². The van der Waals surface area contributed by atoms with Crippen LogP contribution in [0.4, 0.5) is 0 Å². The molecule has 0 aliphatic carbocycles. The third-order valence-corrected chi connectivity index (χ3v) is 2.93. The maximum Gasteiger partial charge on any atom is 0.0484 e. The zero-order valence-corrected chi connectivity index (χ0v) is 11.1. The molecule has 2 N–H and O–H groups in total. The lowest BCUT2D eigenvalue weighted by molar-refractivity contribution is 0.819. The number of nitrogens with two attached hydrogens (primary N) is 1. The van der Waals surface area contributed by atoms with Crippen LogP contribution in [0.1, 0.15) is 18.5 Å². The minimum absolute atomic E-state index is 0. The van der Waals surface area contributed by atoms with Gasteiger partial charge in [0, 0.05) is 16.6 Å². The highest BCUT2D eigenvalue weighted by atomic mass is 35.5. The summed E-state index contributed by atoms with van der Waals surface area (Å²) in [6.45, 7) is 1.98. The lowest BCUT2D eigenvalue weighted by atomic mass is 10.0. The topological polar surface area (TPSA) is 26.0 Å². The SMILES string of the molecule is C[C@H](N)c1cccc(-c2ccccc2Cl)c1.Cl. The number of benzene rings is 2. The number of halogens is 2. The molecule has 0 aliphatic heterocycles. The van der Waals surface area contributed by atoms with Crippen LogP contribution < -0.4 is 5.73 Å². The van der Waals surface area contributed by atoms with E-state index < -0.39 is 0 Å². The van der Waals surface area contributed by atoms with E-state index in [1.165, 1.54) is 0 Å². The molecule has 0 spiro atoms. The first-order valence-electron chi connectivity index (χ1n) is 5.29. The predicted octanol–water partition coefficient (Wildman–Crippen LogP) is 4.45. The van der Waals surface area contributed by atoms with Crippen molar-refractivity contribution < 1.29 is 0 Å². The molecule has 0 amide bonds. The van der Waals surface area contributed by atoms with Crippen molar-refractivity contribution in [3.8, 4) is 11.1 Å². The molecule has 0 fully saturated rings. The van der Waals surface area contributed by atoms with Gasteiger partial charge in [0.2, 0.25) is 0 Å². The van der Waals surface area contributed by atoms with Crippen LogP contribution in [0.15, 0.2) is 48.5 Å². The molecule has 0 unspecified atom stereocenters. The highest BCUT2D eigenvalue weighted by molar-refractivity contribution is 6.33. The Hall–Kier alpha value is -1.02. The Bertz CT molecular complexity index is 495. The van der Waals surface area contributed by atoms with Gasteiger partial charge >= 0.3 is 0 Å². The van der Waals surface area contributed by atoms with Gasteiger partial charge in [-0.2, -0.15) is 0 Å². The second kappa shape index (κ2) is 6.06. The minimum Gasteiger partial charge on any atom is -0.324 e. The number of hydrogen-bond donors (Lipinski definition) is 1. The van der Waals surface area contributed by atoms with E-state index in [9.17, 15) is 0 Å². The molecular formula is C14H15Cl2N. The molecule has 0 radical (unpaired) electrons. The summed E-state index contributed by atoms with van der Waals surface area (Å²) in [5, 5.41) is 0.768. The predicted molar refractivity (Wildman–Crippen MR) is 76.7 cm³/mol. The summed E-state index contributed by atoms with van der Waals surface area (Å²) in [5.74, 6) is 0. The zero-order valence-electron chi connectivity index (χ0n) is 9.56. The molecule has 2 aromatic rings. The lowest BCUT2D eigenvalue weighted by Crippen LogP contribution is -2.04. The maximum absolute atomic E-state index is 6.16. The summed E-state index contributed by atoms with van der Waals surface area (Å²) < 4.78 is 0. The van der Waals surface area contributed by atoms with Crippen LogP contribution in [0, 0.1) is 0 Å². The highest BCUT2D eigenvalue weighted by Gasteiger charge is 2.04. The van der Waals surface area contributed by atoms with Crippen LogP contribution >= 0.6 is 24.0 Å². The van der Waals surface area contributed by atoms with Crippen molar-refractivity contribution in [1.29, 1.82) is 0 Å². The summed E-state index contributed by atoms with van der Waals surface area (Å²) >= 11 is 6.16. The van der Waals surface area contributed by atoms with Gasteiger partial charge in [-0.25, -0.2) is 0 Å². The van der Waals surface area contributed by atoms with Crippen molar-refractivity contribution in [1.82, 2.24) is 0 Å². The molecule has 1 atom stereocenters. The van der Waals surface area contributed by atoms with E-state index in [1.54, 1.807) is 0 Å². The van der Waals surface area contributed by atoms with Crippen LogP contribution in [0.3, 0.4) is 0 Å². The smallest absolute Gasteiger partial charge is 0.0484 e. The zero-order chi connectivity index (χ0) is 11.5. The Kier molecular flexibility index (Phi) is 5.01. The third-order valence-electron chi connectivity index (χ3n) is 2.60. The molecule has 2 aromatic carbocycles. The van der Waals surface area contributed by atoms with Gasteiger partial charge in [-0.15, -0.1) is 12.4 Å². The van der Waals surface area contributed by atoms with E-state index in [0.717, 1.165) is 21.7 Å². The fourth-order valence-corrected chi connectivity index (χ4v) is 1.93. The summed E-state index contributed by atoms with van der Waals surface area (Å²) in [7, 11) is 0. The third kappa shape index (κ3) is 3.22. The molecule has 3 heteroatoms. The van der Waals surface area contributed by atoms with Crippen LogP contribution in [0.2, 0.25) is 5.02 Å². The summed E-state index contributed by atoms with van der Waals surface area (Å²) in [6, 6.07) is 16.1. The second-order valence-corrected chi connectivity index (χ2v) is 4.30. The summed E-state index contributed by atoms with van der Waals surface area (Å²) in [4.78, 5) is 0. The molecule has 0 heterocycles. The molecule has 0 saturated carbocycles. The Morgan fingerprint density at radius 3 is 2.41 bits per heavy atom. The Morgan fingerprint density at radius 1 is 1.06 bits per heavy atom. The molecule has 0 saturated heterocycles. The number of rotatable bonds is 2. The first-order valence-corrected chi connectivity index (χ1v) is 5.67. The van der Waals surface area contributed by atoms with Crippen molar-refractivity contribution >= 4 is 24.0 Å². The Labute approximate surface area is 113 Å². The van der Waals surface area contributed by atoms with E-state index in [2.05, 4.69) is 6.07 Å². The first kappa shape index (κ1) is 14.0. The van der Waals surface area contributed by atoms with Crippen molar-refractivity contribution in [2.24, 2.45) is 5.73 Å². The lowest BCUT2D eigenvalue weighted by Gasteiger charge is -2.09. The molecule has 1 nitrogen and oxygen atoms in total. The van der Waals surface area contributed by atoms with Crippen molar-refractivity contribution in [2.45, 2.75) is 13.0 Å². The van der Waals surface area contributed by atoms with Crippen molar-refractivity contribution in [3.63, 3.8) is 0 Å². The van der Waals surface area contributed by atoms with Gasteiger partial charge in [-0.3, -0.25) is 0 Å². The normalized spacial score (nSPS) is 11.7. The fraction of sp³-hybridized carbons (Fsp3) is 0.143. The van der Waals surface area contributed by atoms with Crippen molar-refractivity contribution in [2.75, 3.05) is 0 Å². The van der Waals surface area contributed by atoms with Crippen LogP contribution in [-0.4, -0.2) is 0 Å². The summed E-state index contributed by atoms with van der Waals surface area (Å²) in [5.41, 5.74) is 9.15.